The molecule has 0 heterocycles. The van der Waals surface area contributed by atoms with Crippen molar-refractivity contribution in [3.8, 4) is 0 Å². The largest absolute Gasteiger partial charge is 0.352 e. The summed E-state index contributed by atoms with van der Waals surface area (Å²) in [6.07, 6.45) is 1.71. The van der Waals surface area contributed by atoms with Gasteiger partial charge in [-0.1, -0.05) is 19.2 Å². The van der Waals surface area contributed by atoms with Crippen LogP contribution in [0.15, 0.2) is 37.0 Å². The standard InChI is InChI=1S/C10H12N2OS/c1-3-12(2)9-6-4-8(5-7-9)11-10(13)14/h3-7H,1H2,2H3,(H2,11,13,14). The highest BCUT2D eigenvalue weighted by Gasteiger charge is 1.98. The number of anilines is 2. The molecule has 0 aromatic heterocycles. The average molecular weight is 208 g/mol. The Morgan fingerprint density at radius 1 is 1.50 bits per heavy atom. The van der Waals surface area contributed by atoms with Crippen molar-refractivity contribution < 1.29 is 4.79 Å². The van der Waals surface area contributed by atoms with Crippen LogP contribution in [0.1, 0.15) is 0 Å². The molecule has 0 fully saturated rings. The van der Waals surface area contributed by atoms with Gasteiger partial charge in [0.1, 0.15) is 0 Å². The molecule has 74 valence electrons. The summed E-state index contributed by atoms with van der Waals surface area (Å²) in [6, 6.07) is 7.40. The smallest absolute Gasteiger partial charge is 0.280 e. The highest BCUT2D eigenvalue weighted by atomic mass is 32.1. The topological polar surface area (TPSA) is 32.3 Å². The Bertz CT molecular complexity index is 334. The summed E-state index contributed by atoms with van der Waals surface area (Å²) in [5.74, 6) is 0. The predicted molar refractivity (Wildman–Crippen MR) is 63.0 cm³/mol. The lowest BCUT2D eigenvalue weighted by Crippen LogP contribution is -2.07. The summed E-state index contributed by atoms with van der Waals surface area (Å²) in [5, 5.41) is 2.20. The van der Waals surface area contributed by atoms with Crippen molar-refractivity contribution >= 4 is 29.2 Å². The number of hydrogen-bond donors (Lipinski definition) is 2. The second kappa shape index (κ2) is 4.72. The van der Waals surface area contributed by atoms with Gasteiger partial charge in [0.15, 0.2) is 0 Å². The van der Waals surface area contributed by atoms with E-state index in [4.69, 9.17) is 0 Å². The van der Waals surface area contributed by atoms with E-state index in [2.05, 4.69) is 24.5 Å². The molecule has 3 nitrogen and oxygen atoms in total. The molecule has 0 radical (unpaired) electrons. The van der Waals surface area contributed by atoms with Crippen LogP contribution in [-0.2, 0) is 0 Å². The first-order chi connectivity index (χ1) is 6.63. The molecule has 1 amide bonds. The van der Waals surface area contributed by atoms with E-state index in [0.717, 1.165) is 11.4 Å². The van der Waals surface area contributed by atoms with Gasteiger partial charge in [-0.25, -0.2) is 0 Å². The van der Waals surface area contributed by atoms with E-state index >= 15 is 0 Å². The van der Waals surface area contributed by atoms with E-state index in [1.165, 1.54) is 0 Å². The van der Waals surface area contributed by atoms with Crippen molar-refractivity contribution in [2.75, 3.05) is 17.3 Å². The lowest BCUT2D eigenvalue weighted by atomic mass is 10.2. The lowest BCUT2D eigenvalue weighted by Gasteiger charge is -2.13. The first-order valence-corrected chi connectivity index (χ1v) is 4.53. The van der Waals surface area contributed by atoms with Crippen LogP contribution >= 0.6 is 12.6 Å². The number of amides is 1. The van der Waals surface area contributed by atoms with Gasteiger partial charge in [-0.05, 0) is 30.5 Å². The number of carbonyl (C=O) groups excluding carboxylic acids is 1. The minimum atomic E-state index is -0.366. The molecule has 0 saturated carbocycles. The van der Waals surface area contributed by atoms with Crippen LogP contribution in [0.2, 0.25) is 0 Å². The zero-order valence-electron chi connectivity index (χ0n) is 7.90. The van der Waals surface area contributed by atoms with Crippen molar-refractivity contribution in [2.24, 2.45) is 0 Å². The van der Waals surface area contributed by atoms with Crippen molar-refractivity contribution in [1.29, 1.82) is 0 Å². The van der Waals surface area contributed by atoms with Crippen LogP contribution in [0, 0.1) is 0 Å². The number of carbonyl (C=O) groups is 1. The molecule has 0 aliphatic rings. The summed E-state index contributed by atoms with van der Waals surface area (Å²) >= 11 is 3.62. The molecule has 4 heteroatoms. The zero-order chi connectivity index (χ0) is 10.6. The highest BCUT2D eigenvalue weighted by molar-refractivity contribution is 7.96. The fourth-order valence-electron chi connectivity index (χ4n) is 1.01. The average Bonchev–Trinajstić information content (AvgIpc) is 2.17. The highest BCUT2D eigenvalue weighted by Crippen LogP contribution is 2.16. The van der Waals surface area contributed by atoms with Crippen LogP contribution in [-0.4, -0.2) is 12.3 Å². The number of benzene rings is 1. The molecule has 0 atom stereocenters. The van der Waals surface area contributed by atoms with Crippen molar-refractivity contribution in [1.82, 2.24) is 0 Å². The van der Waals surface area contributed by atoms with E-state index in [9.17, 15) is 4.79 Å². The summed E-state index contributed by atoms with van der Waals surface area (Å²) in [4.78, 5) is 12.5. The van der Waals surface area contributed by atoms with Crippen molar-refractivity contribution in [2.45, 2.75) is 0 Å². The van der Waals surface area contributed by atoms with Crippen molar-refractivity contribution in [3.63, 3.8) is 0 Å². The molecule has 0 unspecified atom stereocenters. The van der Waals surface area contributed by atoms with Gasteiger partial charge in [0.2, 0.25) is 0 Å². The third-order valence-electron chi connectivity index (χ3n) is 1.80. The lowest BCUT2D eigenvalue weighted by molar-refractivity contribution is 0.270. The first-order valence-electron chi connectivity index (χ1n) is 4.09. The summed E-state index contributed by atoms with van der Waals surface area (Å²) in [5.41, 5.74) is 1.74. The van der Waals surface area contributed by atoms with Crippen LogP contribution in [0.5, 0.6) is 0 Å². The van der Waals surface area contributed by atoms with E-state index in [0.29, 0.717) is 0 Å². The van der Waals surface area contributed by atoms with Crippen LogP contribution in [0.4, 0.5) is 16.2 Å². The second-order valence-corrected chi connectivity index (χ2v) is 3.18. The Morgan fingerprint density at radius 2 is 2.07 bits per heavy atom. The molecular weight excluding hydrogens is 196 g/mol. The van der Waals surface area contributed by atoms with Gasteiger partial charge < -0.3 is 10.2 Å². The molecule has 0 aliphatic heterocycles. The van der Waals surface area contributed by atoms with Gasteiger partial charge in [-0.15, -0.1) is 0 Å². The maximum Gasteiger partial charge on any atom is 0.280 e. The minimum Gasteiger partial charge on any atom is -0.352 e. The molecule has 1 aromatic rings. The Balaban J connectivity index is 2.78. The molecule has 0 aliphatic carbocycles. The van der Waals surface area contributed by atoms with Gasteiger partial charge >= 0.3 is 0 Å². The van der Waals surface area contributed by atoms with E-state index in [-0.39, 0.29) is 5.24 Å². The maximum atomic E-state index is 10.6. The molecule has 1 N–H and O–H groups in total. The number of nitrogens with one attached hydrogen (secondary N) is 1. The maximum absolute atomic E-state index is 10.6. The third-order valence-corrected chi connectivity index (χ3v) is 1.91. The monoisotopic (exact) mass is 208 g/mol. The zero-order valence-corrected chi connectivity index (χ0v) is 8.79. The Labute approximate surface area is 88.8 Å². The van der Waals surface area contributed by atoms with E-state index < -0.39 is 0 Å². The van der Waals surface area contributed by atoms with Crippen LogP contribution in [0.25, 0.3) is 0 Å². The fourth-order valence-corrected chi connectivity index (χ4v) is 1.14. The molecule has 0 bridgehead atoms. The molecule has 0 saturated heterocycles. The van der Waals surface area contributed by atoms with Crippen molar-refractivity contribution in [3.05, 3.63) is 37.0 Å². The predicted octanol–water partition coefficient (Wildman–Crippen LogP) is 2.73. The van der Waals surface area contributed by atoms with Gasteiger partial charge in [0.05, 0.1) is 0 Å². The second-order valence-electron chi connectivity index (χ2n) is 2.77. The molecule has 1 aromatic carbocycles. The Kier molecular flexibility index (Phi) is 3.59. The quantitative estimate of drug-likeness (QED) is 0.749. The molecule has 0 spiro atoms. The van der Waals surface area contributed by atoms with Gasteiger partial charge in [-0.2, -0.15) is 0 Å². The van der Waals surface area contributed by atoms with E-state index in [1.54, 1.807) is 6.20 Å². The normalized spacial score (nSPS) is 9.29. The summed E-state index contributed by atoms with van der Waals surface area (Å²) in [6.45, 7) is 3.65. The SMILES string of the molecule is C=CN(C)c1ccc(NC(=O)S)cc1. The fraction of sp³-hybridized carbons (Fsp3) is 0.100. The third kappa shape index (κ3) is 2.81. The van der Waals surface area contributed by atoms with Gasteiger partial charge in [0.25, 0.3) is 5.24 Å². The van der Waals surface area contributed by atoms with Crippen LogP contribution in [0.3, 0.4) is 0 Å². The first kappa shape index (κ1) is 10.7. The Morgan fingerprint density at radius 3 is 2.50 bits per heavy atom. The number of hydrogen-bond acceptors (Lipinski definition) is 2. The van der Waals surface area contributed by atoms with E-state index in [1.807, 2.05) is 36.2 Å². The number of thiol groups is 1. The minimum absolute atomic E-state index is 0.366. The number of nitrogens with zero attached hydrogens (tertiary/aromatic N) is 1. The number of rotatable bonds is 3. The summed E-state index contributed by atoms with van der Waals surface area (Å²) < 4.78 is 0. The van der Waals surface area contributed by atoms with Gasteiger partial charge in [-0.3, -0.25) is 4.79 Å². The molecule has 1 rings (SSSR count). The van der Waals surface area contributed by atoms with Gasteiger partial charge in [0, 0.05) is 18.4 Å². The van der Waals surface area contributed by atoms with Crippen LogP contribution < -0.4 is 10.2 Å². The summed E-state index contributed by atoms with van der Waals surface area (Å²) in [7, 11) is 1.90. The molecule has 14 heavy (non-hydrogen) atoms. The Hall–Kier alpha value is -1.42. The molecular formula is C10H12N2OS.